The van der Waals surface area contributed by atoms with Gasteiger partial charge in [-0.3, -0.25) is 28.0 Å². The van der Waals surface area contributed by atoms with E-state index in [9.17, 15) is 22.7 Å². The predicted molar refractivity (Wildman–Crippen MR) is 172 cm³/mol. The van der Waals surface area contributed by atoms with E-state index >= 15 is 4.39 Å². The molecule has 1 unspecified atom stereocenters. The summed E-state index contributed by atoms with van der Waals surface area (Å²) < 4.78 is 95.6. The van der Waals surface area contributed by atoms with E-state index in [-0.39, 0.29) is 40.7 Å². The molecule has 0 bridgehead atoms. The lowest BCUT2D eigenvalue weighted by Gasteiger charge is -2.27. The summed E-state index contributed by atoms with van der Waals surface area (Å²) in [5, 5.41) is 0. The second-order valence-electron chi connectivity index (χ2n) is 11.9. The van der Waals surface area contributed by atoms with Crippen LogP contribution in [0.1, 0.15) is 18.0 Å². The highest BCUT2D eigenvalue weighted by Crippen LogP contribution is 2.50. The average Bonchev–Trinajstić information content (AvgIpc) is 3.87. The van der Waals surface area contributed by atoms with Gasteiger partial charge in [-0.15, -0.1) is 0 Å². The maximum Gasteiger partial charge on any atom is 0.472 e. The van der Waals surface area contributed by atoms with Crippen molar-refractivity contribution in [2.45, 2.75) is 55.8 Å². The lowest BCUT2D eigenvalue weighted by molar-refractivity contribution is -0.0754. The molecule has 0 aliphatic carbocycles. The minimum atomic E-state index is -5.14. The van der Waals surface area contributed by atoms with Crippen LogP contribution in [0.4, 0.5) is 16.2 Å². The number of aromatic nitrogens is 8. The fourth-order valence-corrected chi connectivity index (χ4v) is 8.15. The third-order valence-electron chi connectivity index (χ3n) is 8.58. The minimum absolute atomic E-state index is 0.00871. The van der Waals surface area contributed by atoms with Crippen LogP contribution in [0.3, 0.4) is 0 Å². The number of hydrogen-bond donors (Lipinski definition) is 5. The highest BCUT2D eigenvalue weighted by atomic mass is 32.2. The molecule has 0 radical (unpaired) electrons. The first-order valence-corrected chi connectivity index (χ1v) is 18.4. The first kappa shape index (κ1) is 34.6. The third kappa shape index (κ3) is 6.42. The van der Waals surface area contributed by atoms with Gasteiger partial charge < -0.3 is 30.6 Å². The van der Waals surface area contributed by atoms with E-state index in [1.807, 2.05) is 0 Å². The van der Waals surface area contributed by atoms with E-state index in [4.69, 9.17) is 38.9 Å². The molecule has 1 aromatic carbocycles. The molecule has 25 heteroatoms. The molecule has 276 valence electrons. The summed E-state index contributed by atoms with van der Waals surface area (Å²) in [4.78, 5) is 45.9. The van der Waals surface area contributed by atoms with Gasteiger partial charge in [-0.2, -0.15) is 18.1 Å². The van der Waals surface area contributed by atoms with E-state index < -0.39 is 86.0 Å². The minimum Gasteiger partial charge on any atom is -0.382 e. The van der Waals surface area contributed by atoms with Gasteiger partial charge in [-0.1, -0.05) is 30.3 Å². The third-order valence-corrected chi connectivity index (χ3v) is 10.6. The molecule has 4 aromatic heterocycles. The number of H-pyrrole nitrogens is 1. The quantitative estimate of drug-likeness (QED) is 0.142. The molecule has 3 fully saturated rings. The zero-order valence-corrected chi connectivity index (χ0v) is 28.1. The summed E-state index contributed by atoms with van der Waals surface area (Å²) >= 11 is 0. The van der Waals surface area contributed by atoms with Gasteiger partial charge in [0.1, 0.15) is 42.4 Å². The van der Waals surface area contributed by atoms with Crippen LogP contribution in [0.25, 0.3) is 22.3 Å². The number of nitrogens with one attached hydrogen (secondary N) is 2. The first-order valence-electron chi connectivity index (χ1n) is 15.5. The summed E-state index contributed by atoms with van der Waals surface area (Å²) in [6.07, 6.45) is -9.20. The molecule has 22 nitrogen and oxygen atoms in total. The highest BCUT2D eigenvalue weighted by molar-refractivity contribution is 7.84. The molecule has 0 amide bonds. The van der Waals surface area contributed by atoms with Crippen LogP contribution in [0.15, 0.2) is 54.1 Å². The summed E-state index contributed by atoms with van der Waals surface area (Å²) in [7, 11) is -9.89. The Morgan fingerprint density at radius 1 is 1.00 bits per heavy atom. The zero-order valence-electron chi connectivity index (χ0n) is 26.4. The number of phosphoric acid groups is 1. The molecule has 3 saturated heterocycles. The average molecular weight is 766 g/mol. The molecule has 3 aliphatic rings. The predicted octanol–water partition coefficient (Wildman–Crippen LogP) is -0.422. The summed E-state index contributed by atoms with van der Waals surface area (Å²) in [6, 6.07) is 8.85. The number of fused-ring (bicyclic) bond motifs is 4. The molecule has 9 atom stereocenters. The highest BCUT2D eigenvalue weighted by Gasteiger charge is 2.54. The number of nitrogens with two attached hydrogens (primary N) is 2. The fraction of sp³-hybridized carbons (Fsp3) is 0.407. The van der Waals surface area contributed by atoms with E-state index in [1.54, 1.807) is 30.3 Å². The van der Waals surface area contributed by atoms with Gasteiger partial charge in [-0.05, 0) is 5.56 Å². The van der Waals surface area contributed by atoms with E-state index in [0.29, 0.717) is 5.56 Å². The number of nitrogen functional groups attached to an aromatic ring is 2. The Kier molecular flexibility index (Phi) is 8.76. The Balaban J connectivity index is 1.12. The van der Waals surface area contributed by atoms with Crippen LogP contribution in [-0.2, 0) is 48.9 Å². The van der Waals surface area contributed by atoms with Crippen LogP contribution < -0.4 is 21.7 Å². The topological polar surface area (TPSA) is 298 Å². The van der Waals surface area contributed by atoms with Gasteiger partial charge in [0.2, 0.25) is 5.95 Å². The second-order valence-corrected chi connectivity index (χ2v) is 14.7. The van der Waals surface area contributed by atoms with Crippen molar-refractivity contribution in [3.05, 3.63) is 65.2 Å². The van der Waals surface area contributed by atoms with Crippen molar-refractivity contribution in [3.63, 3.8) is 0 Å². The molecule has 5 aromatic rings. The molecule has 8 rings (SSSR count). The number of rotatable bonds is 5. The molecule has 0 spiro atoms. The molecule has 52 heavy (non-hydrogen) atoms. The van der Waals surface area contributed by atoms with E-state index in [1.165, 1.54) is 21.8 Å². The van der Waals surface area contributed by atoms with Crippen molar-refractivity contribution in [1.82, 2.24) is 43.8 Å². The van der Waals surface area contributed by atoms with Crippen LogP contribution in [0.5, 0.6) is 0 Å². The van der Waals surface area contributed by atoms with Gasteiger partial charge in [0.15, 0.2) is 41.3 Å². The molecular weight excluding hydrogens is 736 g/mol. The second kappa shape index (κ2) is 13.2. The number of ether oxygens (including phenoxy) is 3. The van der Waals surface area contributed by atoms with Crippen molar-refractivity contribution in [2.75, 3.05) is 24.6 Å². The monoisotopic (exact) mass is 765 g/mol. The van der Waals surface area contributed by atoms with Crippen molar-refractivity contribution < 1.29 is 49.7 Å². The molecule has 7 N–H and O–H groups in total. The standard InChI is InChI=1S/C27H29FN11O11PS/c28-15-18-13(47-25(15)38-10-33-16-21(29)31-9-32-22(16)38)6-35-52(43,44)50-19-14(8-46-51(41,42)49-18)48-26(20(19)45-7-12-4-2-1-3-5-12)39-11-34-17-23(39)36-27(30)37-24(17)40/h1-5,9-11,13-15,18-20,25-26,35H,6-8H2,(H,41,42)(H2,29,31,32)(H3,30,36,37,40)/t13-,14-,15-,18-,19-,20-,25-,26-/m1/s1. The molecular formula is C27H29FN11O11PS. The Labute approximate surface area is 291 Å². The van der Waals surface area contributed by atoms with Gasteiger partial charge in [0, 0.05) is 6.54 Å². The zero-order chi connectivity index (χ0) is 36.4. The molecule has 0 saturated carbocycles. The number of hydrogen-bond acceptors (Lipinski definition) is 17. The van der Waals surface area contributed by atoms with E-state index in [2.05, 4.69) is 34.6 Å². The van der Waals surface area contributed by atoms with Crippen molar-refractivity contribution in [3.8, 4) is 0 Å². The summed E-state index contributed by atoms with van der Waals surface area (Å²) in [5.74, 6) is -0.232. The van der Waals surface area contributed by atoms with Crippen LogP contribution in [-0.4, -0.2) is 102 Å². The smallest absolute Gasteiger partial charge is 0.382 e. The molecule has 7 heterocycles. The number of benzene rings is 1. The number of anilines is 2. The number of phosphoric ester groups is 1. The lowest BCUT2D eigenvalue weighted by atomic mass is 10.1. The number of alkyl halides is 1. The fourth-order valence-electron chi connectivity index (χ4n) is 6.24. The largest absolute Gasteiger partial charge is 0.472 e. The van der Waals surface area contributed by atoms with Crippen LogP contribution in [0.2, 0.25) is 0 Å². The number of imidazole rings is 2. The Hall–Kier alpha value is -4.49. The SMILES string of the molecule is Nc1nc2c(ncn2[C@@H]2O[C@@H]3COP(=O)(O)O[C@H]4[C@@H](F)[C@H](n5cnc6c(N)ncnc65)O[C@@H]4CNS(=O)(=O)O[C@H]3[C@H]2OCc2ccccc2)c(=O)[nH]1. The van der Waals surface area contributed by atoms with Gasteiger partial charge >= 0.3 is 18.1 Å². The van der Waals surface area contributed by atoms with E-state index in [0.717, 1.165) is 6.33 Å². The van der Waals surface area contributed by atoms with Gasteiger partial charge in [0.25, 0.3) is 5.56 Å². The maximum atomic E-state index is 16.1. The normalized spacial score (nSPS) is 32.3. The van der Waals surface area contributed by atoms with Gasteiger partial charge in [-0.25, -0.2) is 33.1 Å². The maximum absolute atomic E-state index is 16.1. The first-order chi connectivity index (χ1) is 24.9. The lowest BCUT2D eigenvalue weighted by Crippen LogP contribution is -2.46. The number of aromatic amines is 1. The number of nitrogens with zero attached hydrogens (tertiary/aromatic N) is 7. The van der Waals surface area contributed by atoms with Crippen molar-refractivity contribution in [1.29, 1.82) is 0 Å². The van der Waals surface area contributed by atoms with Crippen molar-refractivity contribution >= 4 is 52.2 Å². The van der Waals surface area contributed by atoms with Crippen LogP contribution in [0, 0.1) is 0 Å². The summed E-state index contributed by atoms with van der Waals surface area (Å²) in [5.41, 5.74) is 11.7. The van der Waals surface area contributed by atoms with Crippen LogP contribution >= 0.6 is 7.82 Å². The Bertz CT molecular complexity index is 2350. The Morgan fingerprint density at radius 2 is 1.73 bits per heavy atom. The number of halogens is 1. The summed E-state index contributed by atoms with van der Waals surface area (Å²) in [6.45, 7) is -1.59. The molecule has 3 aliphatic heterocycles. The van der Waals surface area contributed by atoms with Gasteiger partial charge in [0.05, 0.1) is 25.9 Å². The van der Waals surface area contributed by atoms with Crippen molar-refractivity contribution in [2.24, 2.45) is 0 Å². The Morgan fingerprint density at radius 3 is 2.52 bits per heavy atom.